The number of benzene rings is 2. The first-order valence-electron chi connectivity index (χ1n) is 10.9. The van der Waals surface area contributed by atoms with E-state index >= 15 is 0 Å². The van der Waals surface area contributed by atoms with Gasteiger partial charge in [0.05, 0.1) is 37.9 Å². The van der Waals surface area contributed by atoms with Gasteiger partial charge < -0.3 is 38.8 Å². The van der Waals surface area contributed by atoms with Gasteiger partial charge in [0.2, 0.25) is 0 Å². The maximum absolute atomic E-state index is 9.05. The Labute approximate surface area is 198 Å². The lowest BCUT2D eigenvalue weighted by atomic mass is 10.1. The number of fused-ring (bicyclic) bond motifs is 2. The second kappa shape index (κ2) is 13.3. The van der Waals surface area contributed by atoms with Crippen LogP contribution in [0.15, 0.2) is 46.7 Å². The highest BCUT2D eigenvalue weighted by Gasteiger charge is 2.11. The average Bonchev–Trinajstić information content (AvgIpc) is 2.87. The van der Waals surface area contributed by atoms with E-state index in [9.17, 15) is 0 Å². The fourth-order valence-corrected chi connectivity index (χ4v) is 3.09. The summed E-state index contributed by atoms with van der Waals surface area (Å²) in [6, 6.07) is 10.6. The summed E-state index contributed by atoms with van der Waals surface area (Å²) in [7, 11) is 0. The molecule has 0 saturated heterocycles. The number of hydrogen-bond donors (Lipinski definition) is 2. The zero-order chi connectivity index (χ0) is 24.2. The minimum atomic E-state index is 0.293. The van der Waals surface area contributed by atoms with Crippen LogP contribution in [0.2, 0.25) is 0 Å². The van der Waals surface area contributed by atoms with Gasteiger partial charge in [0.15, 0.2) is 23.0 Å². The van der Waals surface area contributed by atoms with Crippen LogP contribution in [0.4, 0.5) is 0 Å². The standard InChI is InChI=1S/C24H30N2O8/c1-17(25-27)19-3-5-21-23(15-19)33-13-9-30-10-14-34-24-16-20(18(2)26-28)4-6-22(24)32-12-8-29-7-11-31-21/h3-6,15-16,27-28H,7-14H2,1-2H3/b25-17-,26-18-. The van der Waals surface area contributed by atoms with Gasteiger partial charge in [-0.1, -0.05) is 10.3 Å². The van der Waals surface area contributed by atoms with Crippen LogP contribution in [-0.4, -0.2) is 74.7 Å². The Bertz CT molecular complexity index is 915. The molecule has 1 heterocycles. The third-order valence-electron chi connectivity index (χ3n) is 4.96. The second-order valence-electron chi connectivity index (χ2n) is 7.31. The number of ether oxygens (including phenoxy) is 6. The van der Waals surface area contributed by atoms with E-state index in [1.807, 2.05) is 0 Å². The van der Waals surface area contributed by atoms with E-state index in [0.29, 0.717) is 98.4 Å². The van der Waals surface area contributed by atoms with E-state index in [1.54, 1.807) is 50.2 Å². The number of hydrogen-bond acceptors (Lipinski definition) is 10. The molecule has 34 heavy (non-hydrogen) atoms. The van der Waals surface area contributed by atoms with Crippen molar-refractivity contribution in [3.63, 3.8) is 0 Å². The maximum atomic E-state index is 9.05. The number of nitrogens with zero attached hydrogens (tertiary/aromatic N) is 2. The van der Waals surface area contributed by atoms with E-state index in [0.717, 1.165) is 0 Å². The molecule has 0 amide bonds. The van der Waals surface area contributed by atoms with Gasteiger partial charge in [-0.15, -0.1) is 0 Å². The molecule has 2 aromatic rings. The molecule has 10 heteroatoms. The van der Waals surface area contributed by atoms with Crippen molar-refractivity contribution in [3.8, 4) is 23.0 Å². The van der Waals surface area contributed by atoms with Crippen LogP contribution in [0.1, 0.15) is 25.0 Å². The highest BCUT2D eigenvalue weighted by Crippen LogP contribution is 2.30. The molecule has 1 aliphatic rings. The second-order valence-corrected chi connectivity index (χ2v) is 7.31. The highest BCUT2D eigenvalue weighted by molar-refractivity contribution is 5.99. The van der Waals surface area contributed by atoms with Crippen LogP contribution in [-0.2, 0) is 9.47 Å². The van der Waals surface area contributed by atoms with E-state index in [2.05, 4.69) is 10.3 Å². The van der Waals surface area contributed by atoms with Crippen molar-refractivity contribution >= 4 is 11.4 Å². The molecule has 3 rings (SSSR count). The molecular weight excluding hydrogens is 444 g/mol. The third-order valence-corrected chi connectivity index (χ3v) is 4.96. The Morgan fingerprint density at radius 2 is 0.912 bits per heavy atom. The van der Waals surface area contributed by atoms with Crippen LogP contribution in [0, 0.1) is 0 Å². The Kier molecular flexibility index (Phi) is 9.80. The average molecular weight is 475 g/mol. The molecule has 2 N–H and O–H groups in total. The molecule has 0 aliphatic carbocycles. The van der Waals surface area contributed by atoms with E-state index in [1.165, 1.54) is 0 Å². The number of rotatable bonds is 2. The molecule has 1 aliphatic heterocycles. The van der Waals surface area contributed by atoms with Crippen molar-refractivity contribution in [1.29, 1.82) is 0 Å². The van der Waals surface area contributed by atoms with Gasteiger partial charge in [-0.25, -0.2) is 0 Å². The zero-order valence-corrected chi connectivity index (χ0v) is 19.4. The predicted molar refractivity (Wildman–Crippen MR) is 124 cm³/mol. The Morgan fingerprint density at radius 3 is 1.26 bits per heavy atom. The van der Waals surface area contributed by atoms with Crippen LogP contribution in [0.5, 0.6) is 23.0 Å². The first kappa shape index (κ1) is 25.1. The molecule has 0 bridgehead atoms. The van der Waals surface area contributed by atoms with Crippen molar-refractivity contribution < 1.29 is 38.8 Å². The molecule has 2 aromatic carbocycles. The summed E-state index contributed by atoms with van der Waals surface area (Å²) in [4.78, 5) is 0. The normalized spacial score (nSPS) is 16.9. The summed E-state index contributed by atoms with van der Waals surface area (Å²) < 4.78 is 34.6. The first-order valence-corrected chi connectivity index (χ1v) is 10.9. The molecular formula is C24H30N2O8. The van der Waals surface area contributed by atoms with Crippen molar-refractivity contribution in [2.75, 3.05) is 52.9 Å². The summed E-state index contributed by atoms with van der Waals surface area (Å²) >= 11 is 0. The fraction of sp³-hybridized carbons (Fsp3) is 0.417. The first-order chi connectivity index (χ1) is 16.6. The van der Waals surface area contributed by atoms with E-state index < -0.39 is 0 Å². The smallest absolute Gasteiger partial charge is 0.161 e. The molecule has 0 aromatic heterocycles. The summed E-state index contributed by atoms with van der Waals surface area (Å²) in [6.07, 6.45) is 0. The third kappa shape index (κ3) is 7.26. The molecule has 0 saturated carbocycles. The van der Waals surface area contributed by atoms with Gasteiger partial charge in [0, 0.05) is 11.1 Å². The van der Waals surface area contributed by atoms with Gasteiger partial charge in [0.25, 0.3) is 0 Å². The summed E-state index contributed by atoms with van der Waals surface area (Å²) in [5.74, 6) is 2.16. The van der Waals surface area contributed by atoms with Gasteiger partial charge in [-0.2, -0.15) is 0 Å². The lowest BCUT2D eigenvalue weighted by molar-refractivity contribution is 0.0640. The van der Waals surface area contributed by atoms with Crippen LogP contribution < -0.4 is 18.9 Å². The van der Waals surface area contributed by atoms with Crippen molar-refractivity contribution in [2.45, 2.75) is 13.8 Å². The Hall–Kier alpha value is -3.50. The monoisotopic (exact) mass is 474 g/mol. The molecule has 10 nitrogen and oxygen atoms in total. The van der Waals surface area contributed by atoms with Crippen LogP contribution in [0.25, 0.3) is 0 Å². The van der Waals surface area contributed by atoms with E-state index in [-0.39, 0.29) is 0 Å². The Morgan fingerprint density at radius 1 is 0.559 bits per heavy atom. The van der Waals surface area contributed by atoms with Gasteiger partial charge in [0.1, 0.15) is 26.4 Å². The molecule has 0 spiro atoms. The summed E-state index contributed by atoms with van der Waals surface area (Å²) in [5.41, 5.74) is 2.36. The molecule has 0 fully saturated rings. The molecule has 0 atom stereocenters. The quantitative estimate of drug-likeness (QED) is 0.386. The SMILES string of the molecule is C/C(=N/O)c1ccc2c(c1)OCCOCCOc1cc(/C(C)=N\O)ccc1OCCOCCO2. The summed E-state index contributed by atoms with van der Waals surface area (Å²) in [6.45, 7) is 6.02. The van der Waals surface area contributed by atoms with Crippen molar-refractivity contribution in [2.24, 2.45) is 10.3 Å². The van der Waals surface area contributed by atoms with Gasteiger partial charge >= 0.3 is 0 Å². The van der Waals surface area contributed by atoms with Gasteiger partial charge in [-0.3, -0.25) is 0 Å². The van der Waals surface area contributed by atoms with Crippen molar-refractivity contribution in [1.82, 2.24) is 0 Å². The van der Waals surface area contributed by atoms with Gasteiger partial charge in [-0.05, 0) is 50.2 Å². The minimum absolute atomic E-state index is 0.293. The van der Waals surface area contributed by atoms with E-state index in [4.69, 9.17) is 38.8 Å². The molecule has 0 unspecified atom stereocenters. The predicted octanol–water partition coefficient (Wildman–Crippen LogP) is 3.35. The van der Waals surface area contributed by atoms with Crippen molar-refractivity contribution in [3.05, 3.63) is 47.5 Å². The maximum Gasteiger partial charge on any atom is 0.161 e. The molecule has 184 valence electrons. The highest BCUT2D eigenvalue weighted by atomic mass is 16.6. The largest absolute Gasteiger partial charge is 0.487 e. The van der Waals surface area contributed by atoms with Crippen LogP contribution >= 0.6 is 0 Å². The fourth-order valence-electron chi connectivity index (χ4n) is 3.09. The Balaban J connectivity index is 1.66. The lowest BCUT2D eigenvalue weighted by Gasteiger charge is -2.16. The summed E-state index contributed by atoms with van der Waals surface area (Å²) in [5, 5.41) is 24.6. The lowest BCUT2D eigenvalue weighted by Crippen LogP contribution is -2.15. The zero-order valence-electron chi connectivity index (χ0n) is 19.4. The van der Waals surface area contributed by atoms with Crippen LogP contribution in [0.3, 0.4) is 0 Å². The molecule has 0 radical (unpaired) electrons. The topological polar surface area (TPSA) is 121 Å². The number of oxime groups is 2. The minimum Gasteiger partial charge on any atom is -0.487 e.